The molecule has 11 heavy (non-hydrogen) atoms. The van der Waals surface area contributed by atoms with Gasteiger partial charge in [-0.15, -0.1) is 11.6 Å². The number of carbonyl (C=O) groups excluding carboxylic acids is 1. The number of hydrogen-bond acceptors (Lipinski definition) is 1. The van der Waals surface area contributed by atoms with Gasteiger partial charge < -0.3 is 5.73 Å². The Kier molecular flexibility index (Phi) is 6.33. The number of hydrogen-bond donors (Lipinski definition) is 1. The lowest BCUT2D eigenvalue weighted by molar-refractivity contribution is -0.117. The summed E-state index contributed by atoms with van der Waals surface area (Å²) in [7, 11) is 0. The second-order valence-electron chi connectivity index (χ2n) is 2.72. The summed E-state index contributed by atoms with van der Waals surface area (Å²) in [6, 6.07) is 0. The van der Waals surface area contributed by atoms with Crippen molar-refractivity contribution in [1.29, 1.82) is 0 Å². The minimum absolute atomic E-state index is 0.400. The molecule has 3 heteroatoms. The third kappa shape index (κ3) is 6.17. The first-order valence-electron chi connectivity index (χ1n) is 4.12. The van der Waals surface area contributed by atoms with Crippen molar-refractivity contribution in [3.05, 3.63) is 0 Å². The summed E-state index contributed by atoms with van der Waals surface area (Å²) in [6.07, 6.45) is 5.28. The quantitative estimate of drug-likeness (QED) is 0.490. The molecule has 1 atom stereocenters. The number of unbranched alkanes of at least 4 members (excludes halogenated alkanes) is 3. The van der Waals surface area contributed by atoms with E-state index in [4.69, 9.17) is 17.3 Å². The lowest BCUT2D eigenvalue weighted by Gasteiger charge is -2.03. The van der Waals surface area contributed by atoms with Crippen LogP contribution in [0.25, 0.3) is 0 Å². The van der Waals surface area contributed by atoms with Gasteiger partial charge in [-0.2, -0.15) is 0 Å². The van der Waals surface area contributed by atoms with E-state index < -0.39 is 11.3 Å². The molecule has 0 aromatic rings. The average molecular weight is 178 g/mol. The smallest absolute Gasteiger partial charge is 0.235 e. The molecule has 0 bridgehead atoms. The van der Waals surface area contributed by atoms with Crippen molar-refractivity contribution in [2.45, 2.75) is 44.4 Å². The van der Waals surface area contributed by atoms with Crippen molar-refractivity contribution in [3.63, 3.8) is 0 Å². The topological polar surface area (TPSA) is 43.1 Å². The second kappa shape index (κ2) is 6.47. The van der Waals surface area contributed by atoms with E-state index in [9.17, 15) is 4.79 Å². The fourth-order valence-corrected chi connectivity index (χ4v) is 1.05. The molecule has 1 unspecified atom stereocenters. The summed E-state index contributed by atoms with van der Waals surface area (Å²) < 4.78 is 0. The van der Waals surface area contributed by atoms with Gasteiger partial charge in [-0.25, -0.2) is 0 Å². The molecule has 1 amide bonds. The third-order valence-corrected chi connectivity index (χ3v) is 2.05. The molecule has 0 fully saturated rings. The Bertz CT molecular complexity index is 117. The first-order valence-corrected chi connectivity index (χ1v) is 4.55. The second-order valence-corrected chi connectivity index (χ2v) is 3.25. The summed E-state index contributed by atoms with van der Waals surface area (Å²) in [4.78, 5) is 10.5. The predicted molar refractivity (Wildman–Crippen MR) is 47.6 cm³/mol. The maximum atomic E-state index is 10.5. The van der Waals surface area contributed by atoms with Crippen LogP contribution in [0.1, 0.15) is 39.0 Å². The summed E-state index contributed by atoms with van der Waals surface area (Å²) >= 11 is 5.62. The van der Waals surface area contributed by atoms with Crippen molar-refractivity contribution in [2.24, 2.45) is 5.73 Å². The predicted octanol–water partition coefficient (Wildman–Crippen LogP) is 2.05. The normalized spacial score (nSPS) is 12.9. The molecule has 0 aromatic heterocycles. The number of nitrogens with two attached hydrogens (primary N) is 1. The van der Waals surface area contributed by atoms with Crippen LogP contribution in [0.5, 0.6) is 0 Å². The van der Waals surface area contributed by atoms with Gasteiger partial charge >= 0.3 is 0 Å². The van der Waals surface area contributed by atoms with Crippen molar-refractivity contribution >= 4 is 17.5 Å². The van der Waals surface area contributed by atoms with Gasteiger partial charge in [-0.05, 0) is 6.42 Å². The van der Waals surface area contributed by atoms with Crippen LogP contribution >= 0.6 is 11.6 Å². The Hall–Kier alpha value is -0.240. The standard InChI is InChI=1S/C8H16ClNO/c1-2-3-4-5-6-7(9)8(10)11/h7H,2-6H2,1H3,(H2,10,11). The first kappa shape index (κ1) is 10.8. The van der Waals surface area contributed by atoms with Gasteiger partial charge in [0.1, 0.15) is 5.38 Å². The maximum absolute atomic E-state index is 10.5. The van der Waals surface area contributed by atoms with E-state index in [1.54, 1.807) is 0 Å². The van der Waals surface area contributed by atoms with Crippen molar-refractivity contribution in [2.75, 3.05) is 0 Å². The van der Waals surface area contributed by atoms with Crippen LogP contribution in [0.3, 0.4) is 0 Å². The Balaban J connectivity index is 3.17. The molecular formula is C8H16ClNO. The fraction of sp³-hybridized carbons (Fsp3) is 0.875. The summed E-state index contributed by atoms with van der Waals surface area (Å²) in [5, 5.41) is -0.466. The average Bonchev–Trinajstić information content (AvgIpc) is 1.97. The van der Waals surface area contributed by atoms with E-state index >= 15 is 0 Å². The highest BCUT2D eigenvalue weighted by Crippen LogP contribution is 2.09. The molecule has 0 aliphatic heterocycles. The number of halogens is 1. The zero-order chi connectivity index (χ0) is 8.69. The molecule has 0 rings (SSSR count). The van der Waals surface area contributed by atoms with Crippen molar-refractivity contribution in [3.8, 4) is 0 Å². The Morgan fingerprint density at radius 2 is 2.09 bits per heavy atom. The molecule has 0 saturated heterocycles. The van der Waals surface area contributed by atoms with Gasteiger partial charge in [0, 0.05) is 0 Å². The Morgan fingerprint density at radius 3 is 2.55 bits per heavy atom. The molecule has 0 saturated carbocycles. The van der Waals surface area contributed by atoms with Gasteiger partial charge in [0.2, 0.25) is 5.91 Å². The van der Waals surface area contributed by atoms with Crippen LogP contribution in [-0.4, -0.2) is 11.3 Å². The molecule has 0 spiro atoms. The van der Waals surface area contributed by atoms with E-state index in [1.165, 1.54) is 12.8 Å². The summed E-state index contributed by atoms with van der Waals surface area (Å²) in [5.41, 5.74) is 4.98. The van der Waals surface area contributed by atoms with Gasteiger partial charge in [0.05, 0.1) is 0 Å². The molecule has 0 aromatic carbocycles. The highest BCUT2D eigenvalue weighted by molar-refractivity contribution is 6.30. The zero-order valence-electron chi connectivity index (χ0n) is 6.98. The van der Waals surface area contributed by atoms with Gasteiger partial charge in [0.25, 0.3) is 0 Å². The number of rotatable bonds is 6. The van der Waals surface area contributed by atoms with Crippen LogP contribution in [0, 0.1) is 0 Å². The van der Waals surface area contributed by atoms with Crippen LogP contribution in [0.15, 0.2) is 0 Å². The highest BCUT2D eigenvalue weighted by atomic mass is 35.5. The Morgan fingerprint density at radius 1 is 1.45 bits per heavy atom. The number of alkyl halides is 1. The van der Waals surface area contributed by atoms with Gasteiger partial charge in [-0.1, -0.05) is 32.6 Å². The molecule has 66 valence electrons. The summed E-state index contributed by atoms with van der Waals surface area (Å²) in [6.45, 7) is 2.15. The molecule has 0 heterocycles. The fourth-order valence-electron chi connectivity index (χ4n) is 0.893. The maximum Gasteiger partial charge on any atom is 0.235 e. The zero-order valence-corrected chi connectivity index (χ0v) is 7.73. The lowest BCUT2D eigenvalue weighted by Crippen LogP contribution is -2.23. The van der Waals surface area contributed by atoms with Crippen LogP contribution in [-0.2, 0) is 4.79 Å². The highest BCUT2D eigenvalue weighted by Gasteiger charge is 2.09. The van der Waals surface area contributed by atoms with E-state index in [-0.39, 0.29) is 0 Å². The monoisotopic (exact) mass is 177 g/mol. The van der Waals surface area contributed by atoms with Crippen LogP contribution in [0.4, 0.5) is 0 Å². The lowest BCUT2D eigenvalue weighted by atomic mass is 10.1. The molecular weight excluding hydrogens is 162 g/mol. The van der Waals surface area contributed by atoms with E-state index in [0.717, 1.165) is 19.3 Å². The van der Waals surface area contributed by atoms with E-state index in [2.05, 4.69) is 6.92 Å². The largest absolute Gasteiger partial charge is 0.368 e. The number of carbonyl (C=O) groups is 1. The van der Waals surface area contributed by atoms with E-state index in [0.29, 0.717) is 0 Å². The van der Waals surface area contributed by atoms with Crippen molar-refractivity contribution < 1.29 is 4.79 Å². The molecule has 0 aliphatic rings. The Labute approximate surface area is 73.1 Å². The molecule has 0 aliphatic carbocycles. The number of amides is 1. The first-order chi connectivity index (χ1) is 5.18. The molecule has 2 N–H and O–H groups in total. The van der Waals surface area contributed by atoms with Crippen LogP contribution in [0.2, 0.25) is 0 Å². The number of primary amides is 1. The van der Waals surface area contributed by atoms with Gasteiger partial charge in [0.15, 0.2) is 0 Å². The molecule has 2 nitrogen and oxygen atoms in total. The SMILES string of the molecule is CCCCCCC(Cl)C(N)=O. The minimum atomic E-state index is -0.466. The third-order valence-electron chi connectivity index (χ3n) is 1.62. The molecule has 0 radical (unpaired) electrons. The van der Waals surface area contributed by atoms with Gasteiger partial charge in [-0.3, -0.25) is 4.79 Å². The minimum Gasteiger partial charge on any atom is -0.368 e. The van der Waals surface area contributed by atoms with E-state index in [1.807, 2.05) is 0 Å². The van der Waals surface area contributed by atoms with Crippen molar-refractivity contribution in [1.82, 2.24) is 0 Å². The van der Waals surface area contributed by atoms with Crippen LogP contribution < -0.4 is 5.73 Å². The summed E-state index contributed by atoms with van der Waals surface area (Å²) in [5.74, 6) is -0.400.